The third kappa shape index (κ3) is 45.6. The molecule has 0 aromatic rings. The molecular formula is C61H127N3O4. The van der Waals surface area contributed by atoms with Crippen LogP contribution in [-0.2, 0) is 0 Å². The molecule has 0 heterocycles. The van der Waals surface area contributed by atoms with Crippen molar-refractivity contribution < 1.29 is 20.4 Å². The van der Waals surface area contributed by atoms with Gasteiger partial charge in [-0.1, -0.05) is 273 Å². The summed E-state index contributed by atoms with van der Waals surface area (Å²) in [5.41, 5.74) is 0. The highest BCUT2D eigenvalue weighted by Crippen LogP contribution is 2.20. The van der Waals surface area contributed by atoms with E-state index in [2.05, 4.69) is 63.3 Å². The minimum absolute atomic E-state index is 0.249. The molecule has 7 nitrogen and oxygen atoms in total. The van der Waals surface area contributed by atoms with Crippen molar-refractivity contribution in [2.75, 3.05) is 59.4 Å². The Labute approximate surface area is 427 Å². The fraction of sp³-hybridized carbons (Fsp3) is 1.00. The van der Waals surface area contributed by atoms with Gasteiger partial charge < -0.3 is 25.3 Å². The molecule has 0 amide bonds. The van der Waals surface area contributed by atoms with Crippen LogP contribution in [0.3, 0.4) is 0 Å². The van der Waals surface area contributed by atoms with Crippen LogP contribution in [-0.4, -0.2) is 119 Å². The molecule has 0 fully saturated rings. The van der Waals surface area contributed by atoms with Crippen LogP contribution < -0.4 is 0 Å². The van der Waals surface area contributed by atoms with E-state index in [1.165, 1.54) is 218 Å². The van der Waals surface area contributed by atoms with Crippen LogP contribution in [0.2, 0.25) is 0 Å². The van der Waals surface area contributed by atoms with Crippen molar-refractivity contribution in [3.8, 4) is 0 Å². The molecule has 410 valence electrons. The van der Waals surface area contributed by atoms with Crippen molar-refractivity contribution in [2.24, 2.45) is 11.8 Å². The Morgan fingerprint density at radius 2 is 0.500 bits per heavy atom. The molecule has 0 aromatic carbocycles. The Hall–Kier alpha value is -0.280. The zero-order valence-electron chi connectivity index (χ0n) is 47.5. The monoisotopic (exact) mass is 966 g/mol. The summed E-state index contributed by atoms with van der Waals surface area (Å²) >= 11 is 0. The van der Waals surface area contributed by atoms with Crippen molar-refractivity contribution in [3.05, 3.63) is 0 Å². The average molecular weight is 967 g/mol. The topological polar surface area (TPSA) is 90.6 Å². The highest BCUT2D eigenvalue weighted by atomic mass is 16.3. The van der Waals surface area contributed by atoms with E-state index >= 15 is 0 Å². The molecule has 0 spiro atoms. The van der Waals surface area contributed by atoms with Gasteiger partial charge in [0.05, 0.1) is 24.4 Å². The second-order valence-electron chi connectivity index (χ2n) is 22.7. The Morgan fingerprint density at radius 1 is 0.279 bits per heavy atom. The van der Waals surface area contributed by atoms with E-state index in [0.29, 0.717) is 26.2 Å². The van der Waals surface area contributed by atoms with Crippen molar-refractivity contribution in [1.82, 2.24) is 14.7 Å². The van der Waals surface area contributed by atoms with Gasteiger partial charge in [0.1, 0.15) is 0 Å². The number of likely N-dealkylation sites (N-methyl/N-ethyl adjacent to an activating group) is 1. The number of unbranched alkanes of at least 4 members (excludes halogenated alkanes) is 32. The smallest absolute Gasteiger partial charge is 0.0692 e. The lowest BCUT2D eigenvalue weighted by Crippen LogP contribution is -2.46. The summed E-state index contributed by atoms with van der Waals surface area (Å²) < 4.78 is 0. The first-order valence-corrected chi connectivity index (χ1v) is 30.9. The maximum atomic E-state index is 11.5. The van der Waals surface area contributed by atoms with Gasteiger partial charge in [-0.2, -0.15) is 0 Å². The van der Waals surface area contributed by atoms with Gasteiger partial charge in [0.15, 0.2) is 0 Å². The van der Waals surface area contributed by atoms with Crippen LogP contribution >= 0.6 is 0 Å². The summed E-state index contributed by atoms with van der Waals surface area (Å²) in [6.07, 6.45) is 49.3. The highest BCUT2D eigenvalue weighted by molar-refractivity contribution is 4.77. The molecule has 0 bridgehead atoms. The Bertz CT molecular complexity index is 900. The molecular weight excluding hydrogens is 839 g/mol. The van der Waals surface area contributed by atoms with E-state index in [4.69, 9.17) is 0 Å². The number of hydrogen-bond donors (Lipinski definition) is 4. The van der Waals surface area contributed by atoms with Crippen LogP contribution in [0.25, 0.3) is 0 Å². The first kappa shape index (κ1) is 67.7. The first-order valence-electron chi connectivity index (χ1n) is 30.9. The second kappa shape index (κ2) is 51.6. The predicted octanol–water partition coefficient (Wildman–Crippen LogP) is 15.9. The Balaban J connectivity index is 5.35. The van der Waals surface area contributed by atoms with Crippen LogP contribution in [0.5, 0.6) is 0 Å². The van der Waals surface area contributed by atoms with Crippen LogP contribution in [0.1, 0.15) is 298 Å². The minimum Gasteiger partial charge on any atom is -0.392 e. The predicted molar refractivity (Wildman–Crippen MR) is 300 cm³/mol. The lowest BCUT2D eigenvalue weighted by Gasteiger charge is -2.33. The van der Waals surface area contributed by atoms with E-state index in [-0.39, 0.29) is 24.0 Å². The van der Waals surface area contributed by atoms with E-state index < -0.39 is 12.2 Å². The lowest BCUT2D eigenvalue weighted by molar-refractivity contribution is 0.0306. The van der Waals surface area contributed by atoms with Gasteiger partial charge in [-0.05, 0) is 44.6 Å². The third-order valence-electron chi connectivity index (χ3n) is 15.5. The minimum atomic E-state index is -0.392. The van der Waals surface area contributed by atoms with Gasteiger partial charge in [0.2, 0.25) is 0 Å². The molecule has 0 saturated carbocycles. The highest BCUT2D eigenvalue weighted by Gasteiger charge is 2.23. The fourth-order valence-electron chi connectivity index (χ4n) is 10.2. The summed E-state index contributed by atoms with van der Waals surface area (Å²) in [5.74, 6) is 0.498. The SMILES string of the molecule is CCCCCCCCCCCCC(O)CN(CCN(C)CCN(CC(O)CCCCCCCCCCCC)CC(O)C(C)CCCCCCCCCC)CC(O)C(C)CCCCCCCCCC. The molecule has 68 heavy (non-hydrogen) atoms. The number of aliphatic hydroxyl groups excluding tert-OH is 4. The van der Waals surface area contributed by atoms with Crippen molar-refractivity contribution in [2.45, 2.75) is 323 Å². The molecule has 6 atom stereocenters. The second-order valence-corrected chi connectivity index (χ2v) is 22.7. The standard InChI is InChI=1S/C61H127N3O4/c1-8-12-16-20-24-28-30-34-38-42-46-58(65)52-63(54-60(67)56(5)44-40-36-32-26-22-18-14-10-3)50-48-62(7)49-51-64(53-59(66)47-43-39-35-31-29-25-21-17-13-9-2)55-61(68)57(6)45-41-37-33-27-23-19-15-11-4/h56-61,65-68H,8-55H2,1-7H3. The molecule has 0 saturated heterocycles. The average Bonchev–Trinajstić information content (AvgIpc) is 3.32. The summed E-state index contributed by atoms with van der Waals surface area (Å²) in [6.45, 7) is 19.4. The van der Waals surface area contributed by atoms with Crippen LogP contribution in [0.15, 0.2) is 0 Å². The maximum absolute atomic E-state index is 11.5. The maximum Gasteiger partial charge on any atom is 0.0692 e. The number of aliphatic hydroxyl groups is 4. The zero-order valence-corrected chi connectivity index (χ0v) is 47.5. The molecule has 0 aliphatic rings. The van der Waals surface area contributed by atoms with E-state index in [1.54, 1.807) is 0 Å². The Morgan fingerprint density at radius 3 is 0.750 bits per heavy atom. The zero-order chi connectivity index (χ0) is 50.1. The molecule has 4 N–H and O–H groups in total. The number of nitrogens with zero attached hydrogens (tertiary/aromatic N) is 3. The molecule has 0 aromatic heterocycles. The van der Waals surface area contributed by atoms with E-state index in [0.717, 1.165) is 64.7 Å². The van der Waals surface area contributed by atoms with E-state index in [1.807, 2.05) is 0 Å². The third-order valence-corrected chi connectivity index (χ3v) is 15.5. The van der Waals surface area contributed by atoms with Gasteiger partial charge in [0, 0.05) is 52.4 Å². The lowest BCUT2D eigenvalue weighted by atomic mass is 9.96. The van der Waals surface area contributed by atoms with Gasteiger partial charge in [-0.25, -0.2) is 0 Å². The molecule has 0 aliphatic carbocycles. The molecule has 7 heteroatoms. The van der Waals surface area contributed by atoms with Gasteiger partial charge in [-0.15, -0.1) is 0 Å². The van der Waals surface area contributed by atoms with Crippen molar-refractivity contribution in [1.29, 1.82) is 0 Å². The van der Waals surface area contributed by atoms with Crippen molar-refractivity contribution >= 4 is 0 Å². The van der Waals surface area contributed by atoms with Crippen LogP contribution in [0, 0.1) is 11.8 Å². The summed E-state index contributed by atoms with van der Waals surface area (Å²) in [5, 5.41) is 45.6. The number of hydrogen-bond acceptors (Lipinski definition) is 7. The molecule has 0 radical (unpaired) electrons. The molecule has 6 unspecified atom stereocenters. The quantitative estimate of drug-likeness (QED) is 0.0452. The first-order chi connectivity index (χ1) is 33.1. The summed E-state index contributed by atoms with van der Waals surface area (Å²) in [4.78, 5) is 7.07. The van der Waals surface area contributed by atoms with Gasteiger partial charge >= 0.3 is 0 Å². The number of rotatable bonds is 56. The summed E-state index contributed by atoms with van der Waals surface area (Å²) in [6, 6.07) is 0. The largest absolute Gasteiger partial charge is 0.392 e. The van der Waals surface area contributed by atoms with Gasteiger partial charge in [-0.3, -0.25) is 9.80 Å². The summed E-state index contributed by atoms with van der Waals surface area (Å²) in [7, 11) is 2.19. The molecule has 0 aliphatic heterocycles. The van der Waals surface area contributed by atoms with Crippen LogP contribution in [0.4, 0.5) is 0 Å². The Kier molecular flexibility index (Phi) is 51.4. The van der Waals surface area contributed by atoms with E-state index in [9.17, 15) is 20.4 Å². The molecule has 0 rings (SSSR count). The fourth-order valence-corrected chi connectivity index (χ4v) is 10.2. The van der Waals surface area contributed by atoms with Gasteiger partial charge in [0.25, 0.3) is 0 Å². The normalized spacial score (nSPS) is 14.9. The van der Waals surface area contributed by atoms with Crippen molar-refractivity contribution in [3.63, 3.8) is 0 Å².